The number of rotatable bonds is 6. The van der Waals surface area contributed by atoms with Gasteiger partial charge in [0, 0.05) is 24.3 Å². The van der Waals surface area contributed by atoms with Crippen LogP contribution in [0.2, 0.25) is 15.1 Å². The Morgan fingerprint density at radius 1 is 1.04 bits per heavy atom. The lowest BCUT2D eigenvalue weighted by Gasteiger charge is -2.21. The molecule has 2 aromatic carbocycles. The van der Waals surface area contributed by atoms with Crippen molar-refractivity contribution >= 4 is 63.7 Å². The lowest BCUT2D eigenvalue weighted by Crippen LogP contribution is -2.16. The number of anilines is 1. The molecule has 2 nitrogen and oxygen atoms in total. The molecular formula is C17H14Cl5NO. The summed E-state index contributed by atoms with van der Waals surface area (Å²) in [5.74, 6) is 0.396. The molecule has 0 aromatic heterocycles. The van der Waals surface area contributed by atoms with E-state index in [9.17, 15) is 0 Å². The maximum atomic E-state index is 6.28. The summed E-state index contributed by atoms with van der Waals surface area (Å²) in [5.41, 5.74) is 1.99. The van der Waals surface area contributed by atoms with Gasteiger partial charge in [-0.2, -0.15) is 0 Å². The van der Waals surface area contributed by atoms with Crippen molar-refractivity contribution in [1.29, 1.82) is 0 Å². The van der Waals surface area contributed by atoms with E-state index >= 15 is 0 Å². The molecule has 0 fully saturated rings. The first-order valence-electron chi connectivity index (χ1n) is 6.95. The molecule has 0 bridgehead atoms. The number of nitrogens with zero attached hydrogens (tertiary/aromatic N) is 1. The molecule has 0 amide bonds. The molecular weight excluding hydrogens is 411 g/mol. The predicted molar refractivity (Wildman–Crippen MR) is 105 cm³/mol. The first-order chi connectivity index (χ1) is 11.4. The van der Waals surface area contributed by atoms with Crippen LogP contribution >= 0.6 is 58.0 Å². The van der Waals surface area contributed by atoms with Gasteiger partial charge in [-0.3, -0.25) is 0 Å². The van der Waals surface area contributed by atoms with Crippen molar-refractivity contribution in [1.82, 2.24) is 0 Å². The number of hydrogen-bond acceptors (Lipinski definition) is 2. The molecule has 0 saturated heterocycles. The first kappa shape index (κ1) is 19.6. The Morgan fingerprint density at radius 3 is 2.17 bits per heavy atom. The lowest BCUT2D eigenvalue weighted by molar-refractivity contribution is 0.363. The minimum atomic E-state index is 0.126. The Kier molecular flexibility index (Phi) is 7.39. The normalized spacial score (nSPS) is 10.4. The Balaban J connectivity index is 2.13. The van der Waals surface area contributed by atoms with Crippen LogP contribution in [0.1, 0.15) is 5.56 Å². The van der Waals surface area contributed by atoms with Gasteiger partial charge in [0.25, 0.3) is 0 Å². The Labute approximate surface area is 166 Å². The van der Waals surface area contributed by atoms with Gasteiger partial charge >= 0.3 is 0 Å². The summed E-state index contributed by atoms with van der Waals surface area (Å²) in [7, 11) is 1.95. The van der Waals surface area contributed by atoms with Gasteiger partial charge in [0.05, 0.1) is 10.0 Å². The summed E-state index contributed by atoms with van der Waals surface area (Å²) in [5, 5.41) is 1.54. The summed E-state index contributed by atoms with van der Waals surface area (Å²) in [6.07, 6.45) is 1.51. The van der Waals surface area contributed by atoms with Crippen LogP contribution in [0.15, 0.2) is 47.0 Å². The smallest absolute Gasteiger partial charge is 0.157 e. The molecule has 0 aliphatic carbocycles. The molecule has 0 aliphatic heterocycles. The van der Waals surface area contributed by atoms with Crippen molar-refractivity contribution in [3.05, 3.63) is 67.6 Å². The van der Waals surface area contributed by atoms with Crippen molar-refractivity contribution in [2.45, 2.75) is 6.54 Å². The van der Waals surface area contributed by atoms with Crippen molar-refractivity contribution < 1.29 is 4.74 Å². The number of hydrogen-bond donors (Lipinski definition) is 0. The van der Waals surface area contributed by atoms with E-state index in [-0.39, 0.29) is 11.1 Å². The zero-order chi connectivity index (χ0) is 17.7. The molecule has 0 atom stereocenters. The Morgan fingerprint density at radius 2 is 1.62 bits per heavy atom. The van der Waals surface area contributed by atoms with Crippen LogP contribution in [-0.2, 0) is 6.54 Å². The number of halogens is 5. The van der Waals surface area contributed by atoms with E-state index in [4.69, 9.17) is 62.7 Å². The van der Waals surface area contributed by atoms with E-state index in [0.717, 1.165) is 11.3 Å². The molecule has 0 N–H and O–H groups in total. The van der Waals surface area contributed by atoms with Crippen LogP contribution in [-0.4, -0.2) is 13.7 Å². The molecule has 0 unspecified atom stereocenters. The number of benzene rings is 2. The van der Waals surface area contributed by atoms with Crippen molar-refractivity contribution in [3.63, 3.8) is 0 Å². The van der Waals surface area contributed by atoms with Gasteiger partial charge in [0.15, 0.2) is 5.75 Å². The zero-order valence-corrected chi connectivity index (χ0v) is 16.5. The predicted octanol–water partition coefficient (Wildman–Crippen LogP) is 6.98. The Hall–Kier alpha value is -0.770. The van der Waals surface area contributed by atoms with E-state index in [0.29, 0.717) is 27.4 Å². The largest absolute Gasteiger partial charge is 0.486 e. The van der Waals surface area contributed by atoms with Gasteiger partial charge in [0.1, 0.15) is 11.1 Å². The van der Waals surface area contributed by atoms with Crippen LogP contribution < -0.4 is 9.64 Å². The van der Waals surface area contributed by atoms with E-state index in [1.54, 1.807) is 12.1 Å². The van der Waals surface area contributed by atoms with Crippen LogP contribution in [0, 0.1) is 0 Å². The highest BCUT2D eigenvalue weighted by atomic mass is 35.5. The van der Waals surface area contributed by atoms with Gasteiger partial charge in [-0.1, -0.05) is 70.1 Å². The second kappa shape index (κ2) is 9.07. The van der Waals surface area contributed by atoms with E-state index in [2.05, 4.69) is 0 Å². The average molecular weight is 426 g/mol. The molecule has 0 saturated carbocycles. The molecule has 0 spiro atoms. The van der Waals surface area contributed by atoms with Gasteiger partial charge < -0.3 is 9.64 Å². The molecule has 0 radical (unpaired) electrons. The van der Waals surface area contributed by atoms with Gasteiger partial charge in [0.2, 0.25) is 0 Å². The highest BCUT2D eigenvalue weighted by Crippen LogP contribution is 2.37. The minimum absolute atomic E-state index is 0.126. The van der Waals surface area contributed by atoms with Gasteiger partial charge in [-0.05, 0) is 35.9 Å². The molecule has 2 aromatic rings. The maximum absolute atomic E-state index is 6.28. The SMILES string of the molecule is CN(Cc1ccc(Cl)cc1)c1cc(Cl)c(OCC=C(Cl)Cl)c(Cl)c1. The highest BCUT2D eigenvalue weighted by Gasteiger charge is 2.12. The molecule has 24 heavy (non-hydrogen) atoms. The molecule has 7 heteroatoms. The third kappa shape index (κ3) is 5.65. The quantitative estimate of drug-likeness (QED) is 0.495. The van der Waals surface area contributed by atoms with Crippen LogP contribution in [0.25, 0.3) is 0 Å². The second-order valence-corrected chi connectivity index (χ2v) is 7.28. The van der Waals surface area contributed by atoms with E-state index in [1.807, 2.05) is 36.2 Å². The fourth-order valence-electron chi connectivity index (χ4n) is 2.05. The summed E-state index contributed by atoms with van der Waals surface area (Å²) < 4.78 is 5.63. The zero-order valence-electron chi connectivity index (χ0n) is 12.7. The van der Waals surface area contributed by atoms with Crippen molar-refractivity contribution in [2.24, 2.45) is 0 Å². The van der Waals surface area contributed by atoms with Crippen LogP contribution in [0.5, 0.6) is 5.75 Å². The van der Waals surface area contributed by atoms with E-state index in [1.165, 1.54) is 6.08 Å². The lowest BCUT2D eigenvalue weighted by atomic mass is 10.2. The molecule has 0 heterocycles. The minimum Gasteiger partial charge on any atom is -0.486 e. The fraction of sp³-hybridized carbons (Fsp3) is 0.176. The first-order valence-corrected chi connectivity index (χ1v) is 8.84. The van der Waals surface area contributed by atoms with Gasteiger partial charge in [-0.25, -0.2) is 0 Å². The monoisotopic (exact) mass is 423 g/mol. The standard InChI is InChI=1S/C17H14Cl5NO/c1-23(10-11-2-4-12(18)5-3-11)13-8-14(19)17(15(20)9-13)24-7-6-16(21)22/h2-6,8-9H,7,10H2,1H3. The molecule has 0 aliphatic rings. The highest BCUT2D eigenvalue weighted by molar-refractivity contribution is 6.55. The third-order valence-electron chi connectivity index (χ3n) is 3.22. The summed E-state index contributed by atoms with van der Waals surface area (Å²) in [6.45, 7) is 0.871. The average Bonchev–Trinajstić information content (AvgIpc) is 2.51. The van der Waals surface area contributed by atoms with Crippen LogP contribution in [0.3, 0.4) is 0 Å². The fourth-order valence-corrected chi connectivity index (χ4v) is 2.88. The molecule has 2 rings (SSSR count). The third-order valence-corrected chi connectivity index (χ3v) is 4.34. The summed E-state index contributed by atoms with van der Waals surface area (Å²) in [4.78, 5) is 2.03. The van der Waals surface area contributed by atoms with Crippen molar-refractivity contribution in [2.75, 3.05) is 18.6 Å². The Bertz CT molecular complexity index is 703. The maximum Gasteiger partial charge on any atom is 0.157 e. The summed E-state index contributed by atoms with van der Waals surface area (Å²) in [6, 6.07) is 11.3. The van der Waals surface area contributed by atoms with Gasteiger partial charge in [-0.15, -0.1) is 0 Å². The summed E-state index contributed by atoms with van der Waals surface area (Å²) >= 11 is 29.5. The number of ether oxygens (including phenoxy) is 1. The van der Waals surface area contributed by atoms with Crippen molar-refractivity contribution in [3.8, 4) is 5.75 Å². The van der Waals surface area contributed by atoms with E-state index < -0.39 is 0 Å². The second-order valence-electron chi connectivity index (χ2n) is 5.03. The van der Waals surface area contributed by atoms with Crippen LogP contribution in [0.4, 0.5) is 5.69 Å². The topological polar surface area (TPSA) is 12.5 Å². The molecule has 128 valence electrons.